The normalized spacial score (nSPS) is 12.0. The molecule has 0 aliphatic heterocycles. The molecule has 0 aliphatic carbocycles. The Kier molecular flexibility index (Phi) is 8.43. The van der Waals surface area contributed by atoms with E-state index in [1.807, 2.05) is 0 Å². The largest absolute Gasteiger partial charge is 0.294 e. The third-order valence-electron chi connectivity index (χ3n) is 9.51. The van der Waals surface area contributed by atoms with Crippen molar-refractivity contribution < 1.29 is 0 Å². The number of fused-ring (bicyclic) bond motifs is 2. The molecule has 0 atom stereocenters. The van der Waals surface area contributed by atoms with E-state index >= 15 is 0 Å². The number of pyridine rings is 2. The predicted octanol–water partition coefficient (Wildman–Crippen LogP) is 12.9. The van der Waals surface area contributed by atoms with E-state index in [0.717, 1.165) is 67.3 Å². The molecule has 4 nitrogen and oxygen atoms in total. The summed E-state index contributed by atoms with van der Waals surface area (Å²) in [5.74, 6) is 1.76. The first-order chi connectivity index (χ1) is 23.9. The van der Waals surface area contributed by atoms with Gasteiger partial charge in [0.15, 0.2) is 0 Å². The monoisotopic (exact) mass is 654 g/mol. The Morgan fingerprint density at radius 1 is 0.380 bits per heavy atom. The lowest BCUT2D eigenvalue weighted by molar-refractivity contribution is 0.590. The number of aryl methyl sites for hydroxylation is 2. The first kappa shape index (κ1) is 33.0. The van der Waals surface area contributed by atoms with Crippen molar-refractivity contribution in [2.45, 2.75) is 66.2 Å². The number of anilines is 6. The Bertz CT molecular complexity index is 2080. The topological polar surface area (TPSA) is 32.3 Å². The van der Waals surface area contributed by atoms with Gasteiger partial charge < -0.3 is 0 Å². The number of aromatic nitrogens is 2. The highest BCUT2D eigenvalue weighted by atomic mass is 15.2. The van der Waals surface area contributed by atoms with Gasteiger partial charge in [-0.3, -0.25) is 9.80 Å². The molecular formula is C46H46N4. The second-order valence-electron chi connectivity index (χ2n) is 15.3. The van der Waals surface area contributed by atoms with Gasteiger partial charge in [0.2, 0.25) is 0 Å². The zero-order valence-corrected chi connectivity index (χ0v) is 30.5. The van der Waals surface area contributed by atoms with Crippen LogP contribution in [0, 0.1) is 13.8 Å². The fraction of sp³-hybridized carbons (Fsp3) is 0.217. The number of hydrogen-bond donors (Lipinski definition) is 0. The van der Waals surface area contributed by atoms with Crippen LogP contribution in [0.2, 0.25) is 0 Å². The number of hydrogen-bond acceptors (Lipinski definition) is 4. The first-order valence-electron chi connectivity index (χ1n) is 17.5. The second kappa shape index (κ2) is 12.8. The Morgan fingerprint density at radius 3 is 0.980 bits per heavy atom. The molecule has 4 heteroatoms. The third-order valence-corrected chi connectivity index (χ3v) is 9.51. The van der Waals surface area contributed by atoms with Crippen LogP contribution < -0.4 is 9.80 Å². The summed E-state index contributed by atoms with van der Waals surface area (Å²) >= 11 is 0. The molecule has 50 heavy (non-hydrogen) atoms. The second-order valence-corrected chi connectivity index (χ2v) is 15.3. The fourth-order valence-corrected chi connectivity index (χ4v) is 6.84. The Labute approximate surface area is 297 Å². The van der Waals surface area contributed by atoms with Crippen molar-refractivity contribution in [2.24, 2.45) is 0 Å². The zero-order chi connectivity index (χ0) is 35.2. The number of benzene rings is 5. The summed E-state index contributed by atoms with van der Waals surface area (Å²) in [5, 5.41) is 4.53. The van der Waals surface area contributed by atoms with Crippen molar-refractivity contribution in [1.82, 2.24) is 9.97 Å². The average molecular weight is 655 g/mol. The van der Waals surface area contributed by atoms with Crippen LogP contribution in [0.25, 0.3) is 21.5 Å². The minimum atomic E-state index is 0.0460. The summed E-state index contributed by atoms with van der Waals surface area (Å²) in [6.07, 6.45) is 0. The van der Waals surface area contributed by atoms with Gasteiger partial charge in [-0.2, -0.15) is 0 Å². The number of rotatable bonds is 6. The zero-order valence-electron chi connectivity index (χ0n) is 30.5. The highest BCUT2D eigenvalue weighted by molar-refractivity contribution is 6.23. The number of nitrogens with zero attached hydrogens (tertiary/aromatic N) is 4. The standard InChI is InChI=1S/C46H46N4/c1-31-15-13-21-41(47-31)49(35-27-23-33(24-28-35)45(3,4)5)43-37-17-9-11-19-39(37)44(40-20-12-10-18-38(40)43)50(42-22-14-16-32(2)48-42)36-29-25-34(26-30-36)46(6,7)8/h9-30H,1-8H3. The van der Waals surface area contributed by atoms with Crippen molar-refractivity contribution in [3.8, 4) is 0 Å². The van der Waals surface area contributed by atoms with Gasteiger partial charge in [0, 0.05) is 44.3 Å². The Balaban J connectivity index is 1.57. The molecule has 5 aromatic carbocycles. The smallest absolute Gasteiger partial charge is 0.137 e. The Morgan fingerprint density at radius 2 is 0.700 bits per heavy atom. The average Bonchev–Trinajstić information content (AvgIpc) is 3.09. The van der Waals surface area contributed by atoms with Gasteiger partial charge in [0.05, 0.1) is 11.4 Å². The van der Waals surface area contributed by atoms with E-state index in [0.29, 0.717) is 0 Å². The fourth-order valence-electron chi connectivity index (χ4n) is 6.84. The molecule has 0 amide bonds. The SMILES string of the molecule is Cc1cccc(N(c2ccc(C(C)(C)C)cc2)c2c3ccccc3c(N(c3ccc(C(C)(C)C)cc3)c3cccc(C)n3)c3ccccc23)n1. The first-order valence-corrected chi connectivity index (χ1v) is 17.5. The van der Waals surface area contributed by atoms with Crippen molar-refractivity contribution in [3.63, 3.8) is 0 Å². The van der Waals surface area contributed by atoms with Gasteiger partial charge in [-0.05, 0) is 84.3 Å². The van der Waals surface area contributed by atoms with Crippen molar-refractivity contribution >= 4 is 55.9 Å². The van der Waals surface area contributed by atoms with Crippen LogP contribution in [0.4, 0.5) is 34.4 Å². The summed E-state index contributed by atoms with van der Waals surface area (Å²) in [6.45, 7) is 17.7. The molecule has 0 unspecified atom stereocenters. The molecule has 0 aliphatic rings. The summed E-state index contributed by atoms with van der Waals surface area (Å²) < 4.78 is 0. The van der Waals surface area contributed by atoms with Gasteiger partial charge in [0.1, 0.15) is 11.6 Å². The molecule has 2 heterocycles. The molecule has 0 saturated heterocycles. The van der Waals surface area contributed by atoms with Crippen LogP contribution in [0.15, 0.2) is 133 Å². The molecular weight excluding hydrogens is 609 g/mol. The van der Waals surface area contributed by atoms with Crippen molar-refractivity contribution in [1.29, 1.82) is 0 Å². The van der Waals surface area contributed by atoms with E-state index in [9.17, 15) is 0 Å². The van der Waals surface area contributed by atoms with Gasteiger partial charge in [0.25, 0.3) is 0 Å². The molecule has 0 N–H and O–H groups in total. The summed E-state index contributed by atoms with van der Waals surface area (Å²) in [7, 11) is 0. The van der Waals surface area contributed by atoms with Crippen molar-refractivity contribution in [2.75, 3.05) is 9.80 Å². The van der Waals surface area contributed by atoms with Crippen LogP contribution in [-0.2, 0) is 10.8 Å². The lowest BCUT2D eigenvalue weighted by atomic mass is 9.87. The van der Waals surface area contributed by atoms with Crippen LogP contribution in [-0.4, -0.2) is 9.97 Å². The Hall–Kier alpha value is -5.48. The van der Waals surface area contributed by atoms with Gasteiger partial charge >= 0.3 is 0 Å². The maximum absolute atomic E-state index is 5.11. The van der Waals surface area contributed by atoms with Gasteiger partial charge in [-0.25, -0.2) is 9.97 Å². The van der Waals surface area contributed by atoms with Crippen LogP contribution >= 0.6 is 0 Å². The molecule has 7 rings (SSSR count). The maximum atomic E-state index is 5.11. The van der Waals surface area contributed by atoms with E-state index in [2.05, 4.69) is 199 Å². The molecule has 7 aromatic rings. The van der Waals surface area contributed by atoms with Crippen LogP contribution in [0.1, 0.15) is 64.1 Å². The minimum absolute atomic E-state index is 0.0460. The quantitative estimate of drug-likeness (QED) is 0.132. The summed E-state index contributed by atoms with van der Waals surface area (Å²) in [6, 6.07) is 48.1. The molecule has 2 aromatic heterocycles. The molecule has 0 radical (unpaired) electrons. The van der Waals surface area contributed by atoms with E-state index in [1.54, 1.807) is 0 Å². The van der Waals surface area contributed by atoms with E-state index in [1.165, 1.54) is 11.1 Å². The van der Waals surface area contributed by atoms with E-state index < -0.39 is 0 Å². The predicted molar refractivity (Wildman–Crippen MR) is 213 cm³/mol. The molecule has 250 valence electrons. The van der Waals surface area contributed by atoms with E-state index in [4.69, 9.17) is 9.97 Å². The van der Waals surface area contributed by atoms with Gasteiger partial charge in [-0.1, -0.05) is 126 Å². The highest BCUT2D eigenvalue weighted by Gasteiger charge is 2.27. The van der Waals surface area contributed by atoms with Crippen LogP contribution in [0.5, 0.6) is 0 Å². The molecule has 0 bridgehead atoms. The third kappa shape index (κ3) is 6.22. The lowest BCUT2D eigenvalue weighted by Gasteiger charge is -2.32. The van der Waals surface area contributed by atoms with Crippen molar-refractivity contribution in [3.05, 3.63) is 156 Å². The molecule has 0 fully saturated rings. The maximum Gasteiger partial charge on any atom is 0.137 e. The molecule has 0 saturated carbocycles. The summed E-state index contributed by atoms with van der Waals surface area (Å²) in [4.78, 5) is 14.9. The summed E-state index contributed by atoms with van der Waals surface area (Å²) in [5.41, 5.74) is 8.95. The molecule has 0 spiro atoms. The van der Waals surface area contributed by atoms with Gasteiger partial charge in [-0.15, -0.1) is 0 Å². The van der Waals surface area contributed by atoms with Crippen LogP contribution in [0.3, 0.4) is 0 Å². The lowest BCUT2D eigenvalue weighted by Crippen LogP contribution is -2.17. The van der Waals surface area contributed by atoms with E-state index in [-0.39, 0.29) is 10.8 Å². The highest BCUT2D eigenvalue weighted by Crippen LogP contribution is 2.50. The minimum Gasteiger partial charge on any atom is -0.294 e.